The molecule has 0 spiro atoms. The first-order chi connectivity index (χ1) is 54.7. The summed E-state index contributed by atoms with van der Waals surface area (Å²) < 4.78 is 77.3. The van der Waals surface area contributed by atoms with E-state index in [0.29, 0.717) is 5.69 Å². The van der Waals surface area contributed by atoms with Crippen LogP contribution < -0.4 is 31.1 Å². The fourth-order valence-corrected chi connectivity index (χ4v) is 17.4. The lowest BCUT2D eigenvalue weighted by atomic mass is 9.33. The Morgan fingerprint density at radius 3 is 1.49 bits per heavy atom. The SMILES string of the molecule is [2H]c1c([2H])c([2H])c2c(c1[2H])c1c([2H])c([2H])c([2H])c([2H])c1n2-c1ccc2c(c1)N(c1c(-c3ccccc3)cccc1-c1ccccc1)c1cc(C(C)(C)C)cc3c1B2c1ccc(-c2ccc4c(c2)C2C=CC=CC2N4c2ccccc2)cc1N3c1c(-c2ccccc2)cc(C(C)(C)C)cc1-c1cc2ccccc2c2ccccc12. The van der Waals surface area contributed by atoms with Crippen LogP contribution in [-0.2, 0) is 10.8 Å². The molecule has 0 saturated carbocycles. The molecule has 16 aromatic rings. The number of anilines is 8. The summed E-state index contributed by atoms with van der Waals surface area (Å²) in [6.07, 6.45) is 9.05. The van der Waals surface area contributed by atoms with Crippen LogP contribution in [0, 0.1) is 0 Å². The zero-order chi connectivity index (χ0) is 77.4. The molecule has 5 heteroatoms. The first-order valence-electron chi connectivity index (χ1n) is 40.5. The van der Waals surface area contributed by atoms with Gasteiger partial charge in [0.05, 0.1) is 39.4 Å². The zero-order valence-corrected chi connectivity index (χ0v) is 59.3. The molecule has 1 aliphatic carbocycles. The summed E-state index contributed by atoms with van der Waals surface area (Å²) in [6.45, 7) is 13.4. The van der Waals surface area contributed by atoms with Crippen LogP contribution in [-0.4, -0.2) is 17.3 Å². The number of para-hydroxylation sites is 4. The number of allylic oxidation sites excluding steroid dienone is 2. The van der Waals surface area contributed by atoms with E-state index in [2.05, 4.69) is 335 Å². The van der Waals surface area contributed by atoms with Crippen LogP contribution in [0.15, 0.2) is 346 Å². The molecule has 15 aromatic carbocycles. The quantitative estimate of drug-likeness (QED) is 0.106. The van der Waals surface area contributed by atoms with Gasteiger partial charge in [0.25, 0.3) is 6.71 Å². The van der Waals surface area contributed by atoms with Gasteiger partial charge in [-0.15, -0.1) is 0 Å². The van der Waals surface area contributed by atoms with Gasteiger partial charge >= 0.3 is 0 Å². The lowest BCUT2D eigenvalue weighted by Gasteiger charge is -2.46. The maximum absolute atomic E-state index is 9.86. The van der Waals surface area contributed by atoms with Crippen molar-refractivity contribution in [1.29, 1.82) is 0 Å². The second-order valence-corrected chi connectivity index (χ2v) is 30.5. The molecule has 0 bridgehead atoms. The van der Waals surface area contributed by atoms with Crippen molar-refractivity contribution in [1.82, 2.24) is 4.57 Å². The first kappa shape index (κ1) is 54.3. The second kappa shape index (κ2) is 24.1. The Morgan fingerprint density at radius 2 is 0.848 bits per heavy atom. The van der Waals surface area contributed by atoms with E-state index in [-0.39, 0.29) is 63.4 Å². The molecule has 3 aliphatic heterocycles. The normalized spacial score (nSPS) is 16.1. The summed E-state index contributed by atoms with van der Waals surface area (Å²) in [7, 11) is 0. The molecular formula is C100H77BN4. The lowest BCUT2D eigenvalue weighted by Crippen LogP contribution is -2.61. The molecule has 4 nitrogen and oxygen atoms in total. The molecule has 0 saturated heterocycles. The van der Waals surface area contributed by atoms with Gasteiger partial charge in [0.1, 0.15) is 0 Å². The molecule has 20 rings (SSSR count). The Hall–Kier alpha value is -12.4. The van der Waals surface area contributed by atoms with Crippen LogP contribution in [0.2, 0.25) is 0 Å². The van der Waals surface area contributed by atoms with Crippen molar-refractivity contribution in [3.63, 3.8) is 0 Å². The molecule has 0 fully saturated rings. The highest BCUT2D eigenvalue weighted by Crippen LogP contribution is 2.57. The highest BCUT2D eigenvalue weighted by atomic mass is 15.2. The van der Waals surface area contributed by atoms with E-state index in [9.17, 15) is 8.22 Å². The van der Waals surface area contributed by atoms with Crippen molar-refractivity contribution in [3.8, 4) is 61.3 Å². The molecular weight excluding hydrogens is 1270 g/mol. The van der Waals surface area contributed by atoms with Crippen molar-refractivity contribution in [3.05, 3.63) is 362 Å². The first-order valence-corrected chi connectivity index (χ1v) is 36.5. The van der Waals surface area contributed by atoms with Crippen molar-refractivity contribution < 1.29 is 11.0 Å². The van der Waals surface area contributed by atoms with Gasteiger partial charge in [-0.1, -0.05) is 302 Å². The topological polar surface area (TPSA) is 14.7 Å². The minimum atomic E-state index is -0.496. The number of benzene rings is 15. The van der Waals surface area contributed by atoms with Crippen molar-refractivity contribution in [2.24, 2.45) is 0 Å². The Bertz CT molecular complexity index is 6650. The minimum Gasteiger partial charge on any atom is -0.333 e. The van der Waals surface area contributed by atoms with Crippen molar-refractivity contribution in [2.75, 3.05) is 14.7 Å². The molecule has 0 amide bonds. The number of aromatic nitrogens is 1. The average molecular weight is 1350 g/mol. The summed E-state index contributed by atoms with van der Waals surface area (Å²) in [4.78, 5) is 7.58. The van der Waals surface area contributed by atoms with Gasteiger partial charge in [-0.25, -0.2) is 0 Å². The molecule has 1 aromatic heterocycles. The standard InChI is InChI=1S/C100H77BN4/c1-99(2,3)70-59-82(66-34-15-9-16-35-66)98(85(60-70)83-57-69-36-19-20-39-74(69)77-40-21-22-41-78(77)83)104-92-58-68(67-51-55-91-84(56-67)81-44-25-28-49-90(81)102(91)72-37-17-10-18-38-72)50-53-86(92)101-87-54-52-73(103-88-47-26-23-42-79(88)80-43-24-27-48-89(80)103)63-93(87)105(95-62-71(100(4,5)6)61-94(104)96(95)101)97-75(64-30-11-7-12-31-64)45-29-46-76(97)65-32-13-8-14-33-65/h7-63,81,90H,1-6H3/i23D,24D,26D,27D,42D,43D,47D,48D. The Morgan fingerprint density at radius 1 is 0.343 bits per heavy atom. The van der Waals surface area contributed by atoms with Gasteiger partial charge in [0.2, 0.25) is 0 Å². The molecule has 0 radical (unpaired) electrons. The van der Waals surface area contributed by atoms with E-state index in [4.69, 9.17) is 2.74 Å². The fraction of sp³-hybridized carbons (Fsp3) is 0.100. The summed E-state index contributed by atoms with van der Waals surface area (Å²) in [5.41, 5.74) is 24.5. The molecule has 2 unspecified atom stereocenters. The van der Waals surface area contributed by atoms with Crippen LogP contribution in [0.4, 0.5) is 45.5 Å². The van der Waals surface area contributed by atoms with E-state index in [1.54, 1.807) is 4.57 Å². The summed E-state index contributed by atoms with van der Waals surface area (Å²) in [5, 5.41) is 4.64. The van der Waals surface area contributed by atoms with Gasteiger partial charge in [-0.3, -0.25) is 0 Å². The monoisotopic (exact) mass is 1350 g/mol. The van der Waals surface area contributed by atoms with Crippen molar-refractivity contribution >= 4 is 112 Å². The number of fused-ring (bicyclic) bond motifs is 13. The lowest BCUT2D eigenvalue weighted by molar-refractivity contribution is 0.590. The third-order valence-corrected chi connectivity index (χ3v) is 22.4. The van der Waals surface area contributed by atoms with Crippen molar-refractivity contribution in [2.45, 2.75) is 64.3 Å². The third kappa shape index (κ3) is 9.96. The van der Waals surface area contributed by atoms with Crippen LogP contribution in [0.25, 0.3) is 105 Å². The largest absolute Gasteiger partial charge is 0.333 e. The summed E-state index contributed by atoms with van der Waals surface area (Å²) in [5.74, 6) is 0.0970. The smallest absolute Gasteiger partial charge is 0.252 e. The van der Waals surface area contributed by atoms with E-state index in [1.165, 1.54) is 22.2 Å². The predicted octanol–water partition coefficient (Wildman–Crippen LogP) is 24.8. The average Bonchev–Trinajstić information content (AvgIpc) is 1.59. The van der Waals surface area contributed by atoms with Gasteiger partial charge in [0.15, 0.2) is 0 Å². The maximum Gasteiger partial charge on any atom is 0.252 e. The van der Waals surface area contributed by atoms with E-state index in [1.807, 2.05) is 18.2 Å². The van der Waals surface area contributed by atoms with Crippen LogP contribution in [0.3, 0.4) is 0 Å². The summed E-state index contributed by atoms with van der Waals surface area (Å²) >= 11 is 0. The molecule has 4 heterocycles. The van der Waals surface area contributed by atoms with Crippen LogP contribution in [0.1, 0.15) is 75.1 Å². The molecule has 500 valence electrons. The van der Waals surface area contributed by atoms with Gasteiger partial charge in [-0.2, -0.15) is 0 Å². The number of hydrogen-bond donors (Lipinski definition) is 0. The van der Waals surface area contributed by atoms with Gasteiger partial charge < -0.3 is 19.3 Å². The Balaban J connectivity index is 0.960. The highest BCUT2D eigenvalue weighted by Gasteiger charge is 2.47. The highest BCUT2D eigenvalue weighted by molar-refractivity contribution is 7.00. The fourth-order valence-electron chi connectivity index (χ4n) is 17.4. The molecule has 4 aliphatic rings. The minimum absolute atomic E-state index is 0.0143. The maximum atomic E-state index is 9.86. The zero-order valence-electron chi connectivity index (χ0n) is 67.3. The van der Waals surface area contributed by atoms with E-state index >= 15 is 0 Å². The van der Waals surface area contributed by atoms with Crippen LogP contribution in [0.5, 0.6) is 0 Å². The Kier molecular flexibility index (Phi) is 12.5. The number of rotatable bonds is 9. The molecule has 105 heavy (non-hydrogen) atoms. The predicted molar refractivity (Wildman–Crippen MR) is 448 cm³/mol. The second-order valence-electron chi connectivity index (χ2n) is 30.5. The number of nitrogens with zero attached hydrogens (tertiary/aromatic N) is 4. The molecule has 2 atom stereocenters. The summed E-state index contributed by atoms with van der Waals surface area (Å²) in [6, 6.07) is 96.3. The van der Waals surface area contributed by atoms with Crippen LogP contribution >= 0.6 is 0 Å². The number of hydrogen-bond acceptors (Lipinski definition) is 3. The molecule has 0 N–H and O–H groups in total. The third-order valence-electron chi connectivity index (χ3n) is 22.4. The Labute approximate surface area is 626 Å². The van der Waals surface area contributed by atoms with E-state index < -0.39 is 36.3 Å². The van der Waals surface area contributed by atoms with Gasteiger partial charge in [-0.05, 0) is 184 Å². The van der Waals surface area contributed by atoms with Gasteiger partial charge in [0, 0.05) is 78.8 Å². The van der Waals surface area contributed by atoms with E-state index in [0.717, 1.165) is 134 Å².